The van der Waals surface area contributed by atoms with Gasteiger partial charge in [-0.25, -0.2) is 0 Å². The van der Waals surface area contributed by atoms with E-state index in [1.807, 2.05) is 6.92 Å². The summed E-state index contributed by atoms with van der Waals surface area (Å²) < 4.78 is 5.44. The van der Waals surface area contributed by atoms with E-state index in [0.717, 1.165) is 25.6 Å². The van der Waals surface area contributed by atoms with Crippen LogP contribution in [0, 0.1) is 5.92 Å². The Morgan fingerprint density at radius 1 is 1.60 bits per heavy atom. The quantitative estimate of drug-likeness (QED) is 0.583. The van der Waals surface area contributed by atoms with Crippen LogP contribution in [0.5, 0.6) is 0 Å². The molecule has 1 fully saturated rings. The van der Waals surface area contributed by atoms with Crippen molar-refractivity contribution in [2.24, 2.45) is 11.7 Å². The average Bonchev–Trinajstić information content (AvgIpc) is 3.05. The Labute approximate surface area is 91.5 Å². The third kappa shape index (κ3) is 5.74. The van der Waals surface area contributed by atoms with Crippen LogP contribution in [-0.4, -0.2) is 31.7 Å². The van der Waals surface area contributed by atoms with E-state index in [1.54, 1.807) is 0 Å². The summed E-state index contributed by atoms with van der Waals surface area (Å²) in [4.78, 5) is 11.2. The first-order valence-corrected chi connectivity index (χ1v) is 5.85. The summed E-state index contributed by atoms with van der Waals surface area (Å²) in [6.45, 7) is 4.20. The van der Waals surface area contributed by atoms with Crippen molar-refractivity contribution in [1.29, 1.82) is 0 Å². The minimum Gasteiger partial charge on any atom is -0.381 e. The lowest BCUT2D eigenvalue weighted by molar-refractivity contribution is -0.122. The first-order valence-electron chi connectivity index (χ1n) is 5.85. The van der Waals surface area contributed by atoms with Gasteiger partial charge in [0.25, 0.3) is 0 Å². The number of amides is 1. The molecule has 0 saturated heterocycles. The van der Waals surface area contributed by atoms with Crippen LogP contribution in [0.15, 0.2) is 0 Å². The Kier molecular flexibility index (Phi) is 5.65. The monoisotopic (exact) mass is 214 g/mol. The molecule has 1 aliphatic rings. The Bertz CT molecular complexity index is 193. The highest BCUT2D eigenvalue weighted by atomic mass is 16.5. The second-order valence-electron chi connectivity index (χ2n) is 4.18. The number of rotatable bonds is 8. The summed E-state index contributed by atoms with van der Waals surface area (Å²) in [5.41, 5.74) is 5.56. The predicted octanol–water partition coefficient (Wildman–Crippen LogP) is 0.657. The van der Waals surface area contributed by atoms with Gasteiger partial charge in [-0.1, -0.05) is 6.92 Å². The van der Waals surface area contributed by atoms with Crippen LogP contribution in [0.25, 0.3) is 0 Å². The van der Waals surface area contributed by atoms with E-state index >= 15 is 0 Å². The molecule has 0 aromatic carbocycles. The zero-order chi connectivity index (χ0) is 11.1. The van der Waals surface area contributed by atoms with Crippen LogP contribution >= 0.6 is 0 Å². The standard InChI is InChI=1S/C11H22N2O2/c1-2-10(12)11(14)13-6-3-7-15-8-9-4-5-9/h9-10H,2-8,12H2,1H3,(H,13,14)/t10-/m0/s1. The van der Waals surface area contributed by atoms with Gasteiger partial charge < -0.3 is 15.8 Å². The molecule has 0 aliphatic heterocycles. The first kappa shape index (κ1) is 12.5. The van der Waals surface area contributed by atoms with E-state index in [4.69, 9.17) is 10.5 Å². The van der Waals surface area contributed by atoms with E-state index in [-0.39, 0.29) is 11.9 Å². The molecular formula is C11H22N2O2. The van der Waals surface area contributed by atoms with E-state index in [9.17, 15) is 4.79 Å². The molecule has 3 N–H and O–H groups in total. The number of nitrogens with two attached hydrogens (primary N) is 1. The Morgan fingerprint density at radius 2 is 2.33 bits per heavy atom. The number of ether oxygens (including phenoxy) is 1. The van der Waals surface area contributed by atoms with Crippen molar-refractivity contribution < 1.29 is 9.53 Å². The third-order valence-corrected chi connectivity index (χ3v) is 2.59. The highest BCUT2D eigenvalue weighted by molar-refractivity contribution is 5.81. The molecule has 15 heavy (non-hydrogen) atoms. The van der Waals surface area contributed by atoms with Crippen LogP contribution < -0.4 is 11.1 Å². The van der Waals surface area contributed by atoms with Crippen molar-refractivity contribution in [3.8, 4) is 0 Å². The molecule has 0 heterocycles. The van der Waals surface area contributed by atoms with Crippen molar-refractivity contribution in [2.75, 3.05) is 19.8 Å². The fourth-order valence-corrected chi connectivity index (χ4v) is 1.24. The smallest absolute Gasteiger partial charge is 0.236 e. The fourth-order valence-electron chi connectivity index (χ4n) is 1.24. The zero-order valence-corrected chi connectivity index (χ0v) is 9.50. The molecule has 4 nitrogen and oxygen atoms in total. The number of nitrogens with one attached hydrogen (secondary N) is 1. The van der Waals surface area contributed by atoms with E-state index in [2.05, 4.69) is 5.32 Å². The topological polar surface area (TPSA) is 64.4 Å². The number of carbonyl (C=O) groups is 1. The summed E-state index contributed by atoms with van der Waals surface area (Å²) in [5, 5.41) is 2.79. The normalized spacial score (nSPS) is 17.5. The zero-order valence-electron chi connectivity index (χ0n) is 9.50. The van der Waals surface area contributed by atoms with Gasteiger partial charge in [-0.2, -0.15) is 0 Å². The Balaban J connectivity index is 1.84. The van der Waals surface area contributed by atoms with E-state index < -0.39 is 0 Å². The predicted molar refractivity (Wildman–Crippen MR) is 59.4 cm³/mol. The minimum atomic E-state index is -0.364. The van der Waals surface area contributed by atoms with Crippen LogP contribution in [0.2, 0.25) is 0 Å². The fraction of sp³-hybridized carbons (Fsp3) is 0.909. The van der Waals surface area contributed by atoms with Gasteiger partial charge in [0, 0.05) is 19.8 Å². The maximum Gasteiger partial charge on any atom is 0.236 e. The van der Waals surface area contributed by atoms with Crippen molar-refractivity contribution >= 4 is 5.91 Å². The van der Waals surface area contributed by atoms with E-state index in [0.29, 0.717) is 13.0 Å². The molecule has 1 amide bonds. The van der Waals surface area contributed by atoms with Gasteiger partial charge in [0.05, 0.1) is 6.04 Å². The average molecular weight is 214 g/mol. The Morgan fingerprint density at radius 3 is 2.93 bits per heavy atom. The number of hydrogen-bond donors (Lipinski definition) is 2. The van der Waals surface area contributed by atoms with Crippen LogP contribution in [0.1, 0.15) is 32.6 Å². The molecule has 1 atom stereocenters. The second-order valence-corrected chi connectivity index (χ2v) is 4.18. The molecule has 4 heteroatoms. The molecule has 1 rings (SSSR count). The lowest BCUT2D eigenvalue weighted by Crippen LogP contribution is -2.40. The van der Waals surface area contributed by atoms with Crippen molar-refractivity contribution in [2.45, 2.75) is 38.6 Å². The van der Waals surface area contributed by atoms with Gasteiger partial charge in [-0.3, -0.25) is 4.79 Å². The largest absolute Gasteiger partial charge is 0.381 e. The molecule has 0 spiro atoms. The lowest BCUT2D eigenvalue weighted by Gasteiger charge is -2.09. The van der Waals surface area contributed by atoms with Crippen molar-refractivity contribution in [3.63, 3.8) is 0 Å². The van der Waals surface area contributed by atoms with Crippen molar-refractivity contribution in [3.05, 3.63) is 0 Å². The maximum absolute atomic E-state index is 11.2. The molecule has 0 bridgehead atoms. The summed E-state index contributed by atoms with van der Waals surface area (Å²) in [6, 6.07) is -0.364. The van der Waals surface area contributed by atoms with Crippen LogP contribution in [0.3, 0.4) is 0 Å². The highest BCUT2D eigenvalue weighted by Gasteiger charge is 2.20. The van der Waals surface area contributed by atoms with Gasteiger partial charge in [-0.05, 0) is 31.6 Å². The molecular weight excluding hydrogens is 192 g/mol. The summed E-state index contributed by atoms with van der Waals surface area (Å²) in [6.07, 6.45) is 4.20. The third-order valence-electron chi connectivity index (χ3n) is 2.59. The maximum atomic E-state index is 11.2. The van der Waals surface area contributed by atoms with Crippen molar-refractivity contribution in [1.82, 2.24) is 5.32 Å². The molecule has 1 saturated carbocycles. The van der Waals surface area contributed by atoms with Gasteiger partial charge >= 0.3 is 0 Å². The Hall–Kier alpha value is -0.610. The summed E-state index contributed by atoms with van der Waals surface area (Å²) in [5.74, 6) is 0.757. The molecule has 0 aromatic heterocycles. The summed E-state index contributed by atoms with van der Waals surface area (Å²) in [7, 11) is 0. The van der Waals surface area contributed by atoms with Gasteiger partial charge in [0.2, 0.25) is 5.91 Å². The number of carbonyl (C=O) groups excluding carboxylic acids is 1. The van der Waals surface area contributed by atoms with Crippen LogP contribution in [-0.2, 0) is 9.53 Å². The number of hydrogen-bond acceptors (Lipinski definition) is 3. The highest BCUT2D eigenvalue weighted by Crippen LogP contribution is 2.28. The first-order chi connectivity index (χ1) is 7.24. The lowest BCUT2D eigenvalue weighted by atomic mass is 10.2. The van der Waals surface area contributed by atoms with Gasteiger partial charge in [-0.15, -0.1) is 0 Å². The SMILES string of the molecule is CC[C@H](N)C(=O)NCCCOCC1CC1. The summed E-state index contributed by atoms with van der Waals surface area (Å²) >= 11 is 0. The minimum absolute atomic E-state index is 0.0558. The molecule has 0 unspecified atom stereocenters. The molecule has 1 aliphatic carbocycles. The van der Waals surface area contributed by atoms with Gasteiger partial charge in [0.1, 0.15) is 0 Å². The second kappa shape index (κ2) is 6.80. The molecule has 0 aromatic rings. The van der Waals surface area contributed by atoms with Crippen LogP contribution in [0.4, 0.5) is 0 Å². The molecule has 88 valence electrons. The van der Waals surface area contributed by atoms with E-state index in [1.165, 1.54) is 12.8 Å². The molecule has 0 radical (unpaired) electrons. The van der Waals surface area contributed by atoms with Gasteiger partial charge in [0.15, 0.2) is 0 Å².